The lowest BCUT2D eigenvalue weighted by atomic mass is 9.84. The van der Waals surface area contributed by atoms with E-state index in [9.17, 15) is 4.79 Å². The number of hydrogen-bond acceptors (Lipinski definition) is 1. The van der Waals surface area contributed by atoms with Crippen LogP contribution in [0.15, 0.2) is 0 Å². The van der Waals surface area contributed by atoms with Gasteiger partial charge in [0.1, 0.15) is 6.54 Å². The highest BCUT2D eigenvalue weighted by Gasteiger charge is 2.44. The van der Waals surface area contributed by atoms with Gasteiger partial charge in [0.05, 0.1) is 19.6 Å². The number of carbonyl (C=O) groups excluding carboxylic acids is 1. The Kier molecular flexibility index (Phi) is 4.59. The van der Waals surface area contributed by atoms with Crippen molar-refractivity contribution in [3.8, 4) is 0 Å². The summed E-state index contributed by atoms with van der Waals surface area (Å²) in [6, 6.07) is 0. The summed E-state index contributed by atoms with van der Waals surface area (Å²) in [6.45, 7) is 4.54. The topological polar surface area (TPSA) is 17.1 Å². The molecule has 3 heterocycles. The second-order valence-electron chi connectivity index (χ2n) is 4.45. The molecular weight excluding hydrogens is 310 g/mol. The second-order valence-corrected chi connectivity index (χ2v) is 5.25. The third-order valence-corrected chi connectivity index (χ3v) is 4.18. The number of rotatable bonds is 3. The number of carbonyl (C=O) groups is 1. The molecule has 4 heteroatoms. The number of nitrogens with zero attached hydrogens (tertiary/aromatic N) is 1. The van der Waals surface area contributed by atoms with E-state index in [1.54, 1.807) is 0 Å². The summed E-state index contributed by atoms with van der Waals surface area (Å²) in [5.74, 6) is 0.969. The summed E-state index contributed by atoms with van der Waals surface area (Å²) in [5.41, 5.74) is 0. The first-order valence-electron chi connectivity index (χ1n) is 5.20. The first kappa shape index (κ1) is 12.7. The molecule has 2 bridgehead atoms. The molecule has 3 fully saturated rings. The van der Waals surface area contributed by atoms with Gasteiger partial charge in [-0.15, -0.1) is 0 Å². The lowest BCUT2D eigenvalue weighted by Gasteiger charge is -2.48. The van der Waals surface area contributed by atoms with Gasteiger partial charge in [-0.3, -0.25) is 4.79 Å². The molecule has 0 radical (unpaired) electrons. The summed E-state index contributed by atoms with van der Waals surface area (Å²) in [4.78, 5) is 11.6. The van der Waals surface area contributed by atoms with Gasteiger partial charge in [-0.25, -0.2) is 0 Å². The molecule has 2 nitrogen and oxygen atoms in total. The minimum Gasteiger partial charge on any atom is -1.00 e. The smallest absolute Gasteiger partial charge is 0.190 e. The van der Waals surface area contributed by atoms with E-state index in [1.807, 2.05) is 0 Å². The predicted octanol–water partition coefficient (Wildman–Crippen LogP) is -1.42. The van der Waals surface area contributed by atoms with Crippen LogP contribution < -0.4 is 17.0 Å². The number of fused-ring (bicyclic) bond motifs is 3. The van der Waals surface area contributed by atoms with Crippen LogP contribution in [-0.2, 0) is 4.79 Å². The van der Waals surface area contributed by atoms with Gasteiger partial charge < -0.3 is 21.5 Å². The van der Waals surface area contributed by atoms with Crippen LogP contribution in [0, 0.1) is 5.92 Å². The van der Waals surface area contributed by atoms with Crippen LogP contribution in [0.25, 0.3) is 0 Å². The van der Waals surface area contributed by atoms with Crippen molar-refractivity contribution >= 4 is 21.7 Å². The minimum atomic E-state index is 0. The van der Waals surface area contributed by atoms with Gasteiger partial charge in [0.15, 0.2) is 5.78 Å². The fourth-order valence-electron chi connectivity index (χ4n) is 2.75. The van der Waals surface area contributed by atoms with Gasteiger partial charge in [-0.05, 0) is 0 Å². The zero-order valence-corrected chi connectivity index (χ0v) is 11.5. The molecule has 0 spiro atoms. The molecular formula is C10H17Br2NO. The molecule has 14 heavy (non-hydrogen) atoms. The monoisotopic (exact) mass is 325 g/mol. The molecule has 0 aromatic carbocycles. The van der Waals surface area contributed by atoms with Crippen molar-refractivity contribution in [3.05, 3.63) is 0 Å². The van der Waals surface area contributed by atoms with Crippen LogP contribution in [0.4, 0.5) is 0 Å². The maximum atomic E-state index is 11.6. The van der Waals surface area contributed by atoms with Crippen LogP contribution in [-0.4, -0.2) is 41.8 Å². The maximum Gasteiger partial charge on any atom is 0.190 e. The molecule has 0 atom stereocenters. The summed E-state index contributed by atoms with van der Waals surface area (Å²) in [5, 5.41) is 1.07. The molecule has 3 aliphatic heterocycles. The minimum absolute atomic E-state index is 0. The van der Waals surface area contributed by atoms with Crippen LogP contribution in [0.5, 0.6) is 0 Å². The first-order chi connectivity index (χ1) is 6.26. The molecule has 0 aromatic rings. The highest BCUT2D eigenvalue weighted by Crippen LogP contribution is 2.31. The van der Waals surface area contributed by atoms with E-state index in [4.69, 9.17) is 0 Å². The number of quaternary nitrogens is 1. The van der Waals surface area contributed by atoms with E-state index in [-0.39, 0.29) is 17.0 Å². The van der Waals surface area contributed by atoms with Crippen molar-refractivity contribution < 1.29 is 26.3 Å². The largest absolute Gasteiger partial charge is 1.00 e. The Morgan fingerprint density at radius 1 is 1.36 bits per heavy atom. The van der Waals surface area contributed by atoms with E-state index in [0.29, 0.717) is 11.7 Å². The molecule has 3 aliphatic rings. The number of Topliss-reactive ketones (excluding diaryl/α,β-unsaturated/α-hetero) is 1. The van der Waals surface area contributed by atoms with Gasteiger partial charge in [-0.2, -0.15) is 0 Å². The van der Waals surface area contributed by atoms with Gasteiger partial charge in [0, 0.05) is 30.5 Å². The SMILES string of the molecule is O=C1C[N+]2(CCCBr)CCC1CC2.[Br-]. The Morgan fingerprint density at radius 2 is 2.00 bits per heavy atom. The average Bonchev–Trinajstić information content (AvgIpc) is 2.16. The van der Waals surface area contributed by atoms with E-state index in [2.05, 4.69) is 15.9 Å². The third-order valence-electron chi connectivity index (χ3n) is 3.62. The van der Waals surface area contributed by atoms with Crippen molar-refractivity contribution in [2.75, 3.05) is 31.5 Å². The summed E-state index contributed by atoms with van der Waals surface area (Å²) in [7, 11) is 0. The lowest BCUT2D eigenvalue weighted by Crippen LogP contribution is -3.00. The van der Waals surface area contributed by atoms with E-state index in [1.165, 1.54) is 26.1 Å². The molecule has 0 unspecified atom stereocenters. The zero-order valence-electron chi connectivity index (χ0n) is 8.35. The fraction of sp³-hybridized carbons (Fsp3) is 0.900. The molecule has 0 amide bonds. The van der Waals surface area contributed by atoms with Gasteiger partial charge >= 0.3 is 0 Å². The standard InChI is InChI=1S/C10H17BrNO.BrH/c11-4-1-5-12-6-2-9(3-7-12)10(13)8-12;/h9H,1-8H2;1H/q+1;/p-1. The number of piperidine rings is 3. The van der Waals surface area contributed by atoms with E-state index >= 15 is 0 Å². The number of alkyl halides is 1. The Hall–Kier alpha value is 0.590. The average molecular weight is 327 g/mol. The highest BCUT2D eigenvalue weighted by atomic mass is 79.9. The van der Waals surface area contributed by atoms with E-state index < -0.39 is 0 Å². The number of ketones is 1. The summed E-state index contributed by atoms with van der Waals surface area (Å²) < 4.78 is 1.10. The quantitative estimate of drug-likeness (QED) is 0.460. The summed E-state index contributed by atoms with van der Waals surface area (Å²) >= 11 is 3.46. The maximum absolute atomic E-state index is 11.6. The van der Waals surface area contributed by atoms with Crippen LogP contribution >= 0.6 is 15.9 Å². The molecule has 0 aliphatic carbocycles. The first-order valence-corrected chi connectivity index (χ1v) is 6.32. The van der Waals surface area contributed by atoms with E-state index in [0.717, 1.165) is 29.2 Å². The molecule has 0 saturated carbocycles. The Labute approximate surface area is 105 Å². The van der Waals surface area contributed by atoms with Gasteiger partial charge in [-0.1, -0.05) is 15.9 Å². The second kappa shape index (κ2) is 5.08. The summed E-state index contributed by atoms with van der Waals surface area (Å²) in [6.07, 6.45) is 3.51. The van der Waals surface area contributed by atoms with Crippen molar-refractivity contribution in [2.24, 2.45) is 5.92 Å². The van der Waals surface area contributed by atoms with Crippen molar-refractivity contribution in [1.82, 2.24) is 0 Å². The van der Waals surface area contributed by atoms with Crippen LogP contribution in [0.2, 0.25) is 0 Å². The number of hydrogen-bond donors (Lipinski definition) is 0. The fourth-order valence-corrected chi connectivity index (χ4v) is 3.00. The third kappa shape index (κ3) is 2.39. The Morgan fingerprint density at radius 3 is 2.50 bits per heavy atom. The van der Waals surface area contributed by atoms with Crippen molar-refractivity contribution in [2.45, 2.75) is 19.3 Å². The van der Waals surface area contributed by atoms with Crippen LogP contribution in [0.1, 0.15) is 19.3 Å². The Balaban J connectivity index is 0.000000980. The number of halogens is 2. The molecule has 3 saturated heterocycles. The Bertz CT molecular complexity index is 212. The lowest BCUT2D eigenvalue weighted by molar-refractivity contribution is -0.931. The normalized spacial score (nSPS) is 35.5. The molecule has 0 aromatic heterocycles. The van der Waals surface area contributed by atoms with Crippen molar-refractivity contribution in [1.29, 1.82) is 0 Å². The highest BCUT2D eigenvalue weighted by molar-refractivity contribution is 9.09. The predicted molar refractivity (Wildman–Crippen MR) is 55.9 cm³/mol. The zero-order chi connectivity index (χ0) is 9.31. The molecule has 3 rings (SSSR count). The molecule has 82 valence electrons. The van der Waals surface area contributed by atoms with Crippen LogP contribution in [0.3, 0.4) is 0 Å². The van der Waals surface area contributed by atoms with Crippen molar-refractivity contribution in [3.63, 3.8) is 0 Å². The van der Waals surface area contributed by atoms with Gasteiger partial charge in [0.25, 0.3) is 0 Å². The molecule has 0 N–H and O–H groups in total. The van der Waals surface area contributed by atoms with Gasteiger partial charge in [0.2, 0.25) is 0 Å².